The van der Waals surface area contributed by atoms with Crippen LogP contribution in [0.3, 0.4) is 0 Å². The molecule has 138 valence electrons. The molecular weight excluding hydrogens is 338 g/mol. The number of nitrogens with zero attached hydrogens (tertiary/aromatic N) is 4. The smallest absolute Gasteiger partial charge is 0.222 e. The standard InChI is InChI=1S/C19H22F2N4O/c20-17-4-3-14(10-18(17)21)11-23-12-15-5-7-22-25(15)16(13-23)6-9-24-8-1-2-19(24)26/h3-5,7,10,16H,1-2,6,8-9,11-13H2/t16-/m1/s1. The predicted octanol–water partition coefficient (Wildman–Crippen LogP) is 2.73. The molecule has 0 N–H and O–H groups in total. The summed E-state index contributed by atoms with van der Waals surface area (Å²) >= 11 is 0. The predicted molar refractivity (Wildman–Crippen MR) is 92.2 cm³/mol. The van der Waals surface area contributed by atoms with Gasteiger partial charge in [-0.3, -0.25) is 14.4 Å². The second-order valence-electron chi connectivity index (χ2n) is 7.11. The zero-order valence-corrected chi connectivity index (χ0v) is 14.6. The Labute approximate surface area is 151 Å². The monoisotopic (exact) mass is 360 g/mol. The average Bonchev–Trinajstić information content (AvgIpc) is 3.25. The third-order valence-corrected chi connectivity index (χ3v) is 5.25. The fourth-order valence-electron chi connectivity index (χ4n) is 3.94. The average molecular weight is 360 g/mol. The molecule has 1 amide bonds. The highest BCUT2D eigenvalue weighted by Gasteiger charge is 2.27. The minimum atomic E-state index is -0.821. The van der Waals surface area contributed by atoms with Crippen LogP contribution in [0.25, 0.3) is 0 Å². The lowest BCUT2D eigenvalue weighted by Crippen LogP contribution is -2.39. The van der Waals surface area contributed by atoms with E-state index < -0.39 is 11.6 Å². The number of rotatable bonds is 5. The summed E-state index contributed by atoms with van der Waals surface area (Å²) in [5, 5.41) is 4.45. The van der Waals surface area contributed by atoms with Crippen molar-refractivity contribution in [2.45, 2.75) is 38.4 Å². The second kappa shape index (κ2) is 7.15. The zero-order valence-electron chi connectivity index (χ0n) is 14.6. The van der Waals surface area contributed by atoms with Gasteiger partial charge in [-0.15, -0.1) is 0 Å². The van der Waals surface area contributed by atoms with Gasteiger partial charge in [-0.2, -0.15) is 5.10 Å². The molecule has 0 aliphatic carbocycles. The minimum absolute atomic E-state index is 0.174. The van der Waals surface area contributed by atoms with Gasteiger partial charge in [0.15, 0.2) is 11.6 Å². The molecule has 1 aromatic heterocycles. The maximum absolute atomic E-state index is 13.5. The van der Waals surface area contributed by atoms with E-state index in [2.05, 4.69) is 10.00 Å². The van der Waals surface area contributed by atoms with Crippen molar-refractivity contribution in [1.82, 2.24) is 19.6 Å². The van der Waals surface area contributed by atoms with Gasteiger partial charge in [-0.1, -0.05) is 6.07 Å². The number of carbonyl (C=O) groups is 1. The summed E-state index contributed by atoms with van der Waals surface area (Å²) < 4.78 is 28.7. The van der Waals surface area contributed by atoms with Gasteiger partial charge in [0.2, 0.25) is 5.91 Å². The van der Waals surface area contributed by atoms with Gasteiger partial charge < -0.3 is 4.90 Å². The number of halogens is 2. The molecule has 0 spiro atoms. The van der Waals surface area contributed by atoms with Gasteiger partial charge >= 0.3 is 0 Å². The highest BCUT2D eigenvalue weighted by atomic mass is 19.2. The highest BCUT2D eigenvalue weighted by Crippen LogP contribution is 2.25. The normalized spacial score (nSPS) is 20.6. The van der Waals surface area contributed by atoms with Gasteiger partial charge in [0.05, 0.1) is 11.7 Å². The van der Waals surface area contributed by atoms with E-state index in [1.165, 1.54) is 12.1 Å². The minimum Gasteiger partial charge on any atom is -0.343 e. The van der Waals surface area contributed by atoms with E-state index in [-0.39, 0.29) is 11.9 Å². The molecule has 0 unspecified atom stereocenters. The van der Waals surface area contributed by atoms with E-state index in [1.54, 1.807) is 12.3 Å². The Balaban J connectivity index is 1.45. The van der Waals surface area contributed by atoms with Crippen LogP contribution in [0.4, 0.5) is 8.78 Å². The first-order valence-electron chi connectivity index (χ1n) is 9.06. The van der Waals surface area contributed by atoms with E-state index >= 15 is 0 Å². The first-order valence-corrected chi connectivity index (χ1v) is 9.06. The van der Waals surface area contributed by atoms with Crippen LogP contribution < -0.4 is 0 Å². The van der Waals surface area contributed by atoms with Crippen molar-refractivity contribution in [3.05, 3.63) is 53.4 Å². The fraction of sp³-hybridized carbons (Fsp3) is 0.474. The summed E-state index contributed by atoms with van der Waals surface area (Å²) in [5.74, 6) is -1.40. The molecule has 0 bridgehead atoms. The number of aromatic nitrogens is 2. The third-order valence-electron chi connectivity index (χ3n) is 5.25. The van der Waals surface area contributed by atoms with Gasteiger partial charge in [0.25, 0.3) is 0 Å². The summed E-state index contributed by atoms with van der Waals surface area (Å²) in [6.07, 6.45) is 4.23. The molecule has 2 aliphatic heterocycles. The molecule has 1 fully saturated rings. The lowest BCUT2D eigenvalue weighted by Gasteiger charge is -2.34. The number of hydrogen-bond acceptors (Lipinski definition) is 3. The first kappa shape index (κ1) is 17.1. The highest BCUT2D eigenvalue weighted by molar-refractivity contribution is 5.77. The lowest BCUT2D eigenvalue weighted by atomic mass is 10.1. The van der Waals surface area contributed by atoms with Crippen LogP contribution in [0.1, 0.15) is 36.6 Å². The van der Waals surface area contributed by atoms with E-state index in [9.17, 15) is 13.6 Å². The Kier molecular flexibility index (Phi) is 4.72. The Morgan fingerprint density at radius 1 is 1.19 bits per heavy atom. The van der Waals surface area contributed by atoms with Crippen molar-refractivity contribution < 1.29 is 13.6 Å². The fourth-order valence-corrected chi connectivity index (χ4v) is 3.94. The first-order chi connectivity index (χ1) is 12.6. The zero-order chi connectivity index (χ0) is 18.1. The van der Waals surface area contributed by atoms with Gasteiger partial charge in [0.1, 0.15) is 0 Å². The number of carbonyl (C=O) groups excluding carboxylic acids is 1. The summed E-state index contributed by atoms with van der Waals surface area (Å²) in [5.41, 5.74) is 1.86. The lowest BCUT2D eigenvalue weighted by molar-refractivity contribution is -0.127. The molecule has 0 saturated carbocycles. The van der Waals surface area contributed by atoms with Crippen LogP contribution in [0.15, 0.2) is 30.5 Å². The summed E-state index contributed by atoms with van der Waals surface area (Å²) in [4.78, 5) is 16.0. The molecule has 0 radical (unpaired) electrons. The number of fused-ring (bicyclic) bond motifs is 1. The molecule has 3 heterocycles. The quantitative estimate of drug-likeness (QED) is 0.823. The molecule has 2 aliphatic rings. The molecule has 7 heteroatoms. The topological polar surface area (TPSA) is 41.4 Å². The van der Waals surface area contributed by atoms with E-state index in [0.29, 0.717) is 13.0 Å². The van der Waals surface area contributed by atoms with Gasteiger partial charge in [0, 0.05) is 45.3 Å². The van der Waals surface area contributed by atoms with Crippen molar-refractivity contribution in [2.75, 3.05) is 19.6 Å². The van der Waals surface area contributed by atoms with E-state index in [1.807, 2.05) is 15.6 Å². The van der Waals surface area contributed by atoms with Crippen molar-refractivity contribution in [1.29, 1.82) is 0 Å². The van der Waals surface area contributed by atoms with Crippen molar-refractivity contribution in [2.24, 2.45) is 0 Å². The molecule has 1 aromatic carbocycles. The molecule has 26 heavy (non-hydrogen) atoms. The summed E-state index contributed by atoms with van der Waals surface area (Å²) in [6.45, 7) is 3.63. The maximum Gasteiger partial charge on any atom is 0.222 e. The molecule has 5 nitrogen and oxygen atoms in total. The van der Waals surface area contributed by atoms with Crippen LogP contribution in [-0.2, 0) is 17.9 Å². The Morgan fingerprint density at radius 2 is 2.08 bits per heavy atom. The summed E-state index contributed by atoms with van der Waals surface area (Å²) in [7, 11) is 0. The number of benzene rings is 1. The van der Waals surface area contributed by atoms with Crippen LogP contribution in [0.5, 0.6) is 0 Å². The van der Waals surface area contributed by atoms with Crippen molar-refractivity contribution in [3.63, 3.8) is 0 Å². The maximum atomic E-state index is 13.5. The SMILES string of the molecule is O=C1CCCN1CC[C@@H]1CN(Cc2ccc(F)c(F)c2)Cc2ccnn21. The number of amides is 1. The summed E-state index contributed by atoms with van der Waals surface area (Å²) in [6, 6.07) is 6.23. The third kappa shape index (κ3) is 3.49. The molecule has 4 rings (SSSR count). The number of likely N-dealkylation sites (tertiary alicyclic amines) is 1. The second-order valence-corrected chi connectivity index (χ2v) is 7.11. The molecular formula is C19H22F2N4O. The molecule has 1 saturated heterocycles. The Bertz CT molecular complexity index is 807. The van der Waals surface area contributed by atoms with Crippen molar-refractivity contribution in [3.8, 4) is 0 Å². The van der Waals surface area contributed by atoms with Crippen LogP contribution >= 0.6 is 0 Å². The number of hydrogen-bond donors (Lipinski definition) is 0. The van der Waals surface area contributed by atoms with Crippen LogP contribution in [0, 0.1) is 11.6 Å². The molecule has 2 aromatic rings. The Morgan fingerprint density at radius 3 is 2.85 bits per heavy atom. The molecule has 1 atom stereocenters. The van der Waals surface area contributed by atoms with Crippen LogP contribution in [-0.4, -0.2) is 45.1 Å². The van der Waals surface area contributed by atoms with E-state index in [4.69, 9.17) is 0 Å². The van der Waals surface area contributed by atoms with Crippen molar-refractivity contribution >= 4 is 5.91 Å². The largest absolute Gasteiger partial charge is 0.343 e. The van der Waals surface area contributed by atoms with Crippen LogP contribution in [0.2, 0.25) is 0 Å². The Hall–Kier alpha value is -2.28. The van der Waals surface area contributed by atoms with Gasteiger partial charge in [-0.05, 0) is 36.6 Å². The van der Waals surface area contributed by atoms with Gasteiger partial charge in [-0.25, -0.2) is 8.78 Å². The van der Waals surface area contributed by atoms with E-state index in [0.717, 1.165) is 50.3 Å².